The molecular weight excluding hydrogens is 310 g/mol. The number of ketones is 1. The summed E-state index contributed by atoms with van der Waals surface area (Å²) in [4.78, 5) is 15.6. The summed E-state index contributed by atoms with van der Waals surface area (Å²) >= 11 is 0. The van der Waals surface area contributed by atoms with Crippen molar-refractivity contribution < 1.29 is 9.21 Å². The predicted octanol–water partition coefficient (Wildman–Crippen LogP) is 4.71. The number of benzene rings is 2. The van der Waals surface area contributed by atoms with Gasteiger partial charge in [-0.25, -0.2) is 0 Å². The molecule has 3 heteroatoms. The lowest BCUT2D eigenvalue weighted by molar-refractivity contribution is 0.0756. The van der Waals surface area contributed by atoms with Crippen molar-refractivity contribution in [1.29, 1.82) is 0 Å². The van der Waals surface area contributed by atoms with Crippen LogP contribution in [0, 0.1) is 0 Å². The lowest BCUT2D eigenvalue weighted by Gasteiger charge is -2.33. The fourth-order valence-electron chi connectivity index (χ4n) is 3.72. The number of piperidine rings is 1. The number of fused-ring (bicyclic) bond motifs is 1. The van der Waals surface area contributed by atoms with Crippen LogP contribution in [0.25, 0.3) is 11.0 Å². The van der Waals surface area contributed by atoms with E-state index in [0.29, 0.717) is 5.76 Å². The molecule has 2 aromatic carbocycles. The van der Waals surface area contributed by atoms with Gasteiger partial charge in [0.2, 0.25) is 5.78 Å². The highest BCUT2D eigenvalue weighted by Crippen LogP contribution is 2.24. The van der Waals surface area contributed by atoms with Gasteiger partial charge >= 0.3 is 0 Å². The zero-order valence-electron chi connectivity index (χ0n) is 14.4. The molecule has 1 saturated heterocycles. The molecule has 0 N–H and O–H groups in total. The maximum atomic E-state index is 13.3. The molecule has 0 unspecified atom stereocenters. The minimum atomic E-state index is -0.150. The highest BCUT2D eigenvalue weighted by molar-refractivity contribution is 6.01. The number of para-hydroxylation sites is 1. The minimum absolute atomic E-state index is 0.0990. The quantitative estimate of drug-likeness (QED) is 0.634. The minimum Gasteiger partial charge on any atom is -0.453 e. The van der Waals surface area contributed by atoms with Gasteiger partial charge in [-0.05, 0) is 50.0 Å². The van der Waals surface area contributed by atoms with Crippen molar-refractivity contribution >= 4 is 16.8 Å². The fourth-order valence-corrected chi connectivity index (χ4v) is 3.72. The Labute approximate surface area is 148 Å². The molecule has 1 atom stereocenters. The number of nitrogens with zero attached hydrogens (tertiary/aromatic N) is 1. The predicted molar refractivity (Wildman–Crippen MR) is 99.9 cm³/mol. The number of carbonyl (C=O) groups excluding carboxylic acids is 1. The second-order valence-electron chi connectivity index (χ2n) is 6.81. The molecule has 1 aromatic heterocycles. The van der Waals surface area contributed by atoms with Crippen LogP contribution in [0.5, 0.6) is 0 Å². The van der Waals surface area contributed by atoms with Crippen molar-refractivity contribution in [3.63, 3.8) is 0 Å². The summed E-state index contributed by atoms with van der Waals surface area (Å²) in [5.74, 6) is 0.578. The summed E-state index contributed by atoms with van der Waals surface area (Å²) in [5, 5.41) is 0.989. The van der Waals surface area contributed by atoms with Crippen LogP contribution in [-0.4, -0.2) is 29.8 Å². The molecule has 3 nitrogen and oxygen atoms in total. The first-order chi connectivity index (χ1) is 12.3. The molecule has 0 amide bonds. The molecule has 1 fully saturated rings. The van der Waals surface area contributed by atoms with E-state index in [0.717, 1.165) is 30.5 Å². The zero-order valence-corrected chi connectivity index (χ0v) is 14.4. The fraction of sp³-hybridized carbons (Fsp3) is 0.318. The molecule has 2 heterocycles. The zero-order chi connectivity index (χ0) is 17.1. The van der Waals surface area contributed by atoms with Crippen LogP contribution in [0.1, 0.15) is 35.4 Å². The highest BCUT2D eigenvalue weighted by Gasteiger charge is 2.30. The van der Waals surface area contributed by atoms with Crippen LogP contribution in [-0.2, 0) is 6.42 Å². The smallest absolute Gasteiger partial charge is 0.215 e. The van der Waals surface area contributed by atoms with E-state index < -0.39 is 0 Å². The molecule has 0 spiro atoms. The van der Waals surface area contributed by atoms with Gasteiger partial charge in [0, 0.05) is 5.39 Å². The SMILES string of the molecule is O=C(c1cc2ccccc2o1)[C@@H](Cc1ccccc1)N1CCCCC1. The first-order valence-corrected chi connectivity index (χ1v) is 9.12. The van der Waals surface area contributed by atoms with E-state index in [9.17, 15) is 4.79 Å². The average Bonchev–Trinajstić information content (AvgIpc) is 3.11. The van der Waals surface area contributed by atoms with Crippen LogP contribution < -0.4 is 0 Å². The van der Waals surface area contributed by atoms with Gasteiger partial charge in [-0.3, -0.25) is 9.69 Å². The van der Waals surface area contributed by atoms with E-state index in [4.69, 9.17) is 4.42 Å². The van der Waals surface area contributed by atoms with Crippen molar-refractivity contribution in [1.82, 2.24) is 4.90 Å². The molecule has 1 aliphatic heterocycles. The van der Waals surface area contributed by atoms with Crippen LogP contribution >= 0.6 is 0 Å². The third-order valence-corrected chi connectivity index (χ3v) is 5.07. The Bertz CT molecular complexity index is 814. The Balaban J connectivity index is 1.64. The summed E-state index contributed by atoms with van der Waals surface area (Å²) in [6, 6.07) is 19.8. The van der Waals surface area contributed by atoms with Crippen molar-refractivity contribution in [2.75, 3.05) is 13.1 Å². The molecule has 1 aliphatic rings. The summed E-state index contributed by atoms with van der Waals surface area (Å²) in [6.07, 6.45) is 4.32. The van der Waals surface area contributed by atoms with E-state index in [2.05, 4.69) is 17.0 Å². The molecule has 4 rings (SSSR count). The van der Waals surface area contributed by atoms with E-state index in [1.807, 2.05) is 48.5 Å². The number of hydrogen-bond donors (Lipinski definition) is 0. The number of likely N-dealkylation sites (tertiary alicyclic amines) is 1. The van der Waals surface area contributed by atoms with Gasteiger partial charge in [-0.15, -0.1) is 0 Å². The third-order valence-electron chi connectivity index (χ3n) is 5.07. The van der Waals surface area contributed by atoms with Crippen molar-refractivity contribution in [3.8, 4) is 0 Å². The Kier molecular flexibility index (Phi) is 4.66. The van der Waals surface area contributed by atoms with Gasteiger partial charge in [-0.2, -0.15) is 0 Å². The van der Waals surface area contributed by atoms with Gasteiger partial charge in [0.25, 0.3) is 0 Å². The molecule has 0 radical (unpaired) electrons. The number of carbonyl (C=O) groups is 1. The Morgan fingerprint density at radius 1 is 0.960 bits per heavy atom. The molecule has 128 valence electrons. The van der Waals surface area contributed by atoms with Crippen LogP contribution in [0.3, 0.4) is 0 Å². The first kappa shape index (κ1) is 16.1. The molecule has 25 heavy (non-hydrogen) atoms. The van der Waals surface area contributed by atoms with Gasteiger partial charge in [0.1, 0.15) is 5.58 Å². The van der Waals surface area contributed by atoms with Gasteiger partial charge in [0.05, 0.1) is 6.04 Å². The number of rotatable bonds is 5. The second kappa shape index (κ2) is 7.24. The largest absolute Gasteiger partial charge is 0.453 e. The average molecular weight is 333 g/mol. The standard InChI is InChI=1S/C22H23NO2/c24-22(21-16-18-11-5-6-12-20(18)25-21)19(23-13-7-2-8-14-23)15-17-9-3-1-4-10-17/h1,3-6,9-12,16,19H,2,7-8,13-15H2/t19-/m1/s1. The lowest BCUT2D eigenvalue weighted by Crippen LogP contribution is -2.45. The normalized spacial score (nSPS) is 16.8. The van der Waals surface area contributed by atoms with Gasteiger partial charge in [-0.1, -0.05) is 55.0 Å². The number of hydrogen-bond acceptors (Lipinski definition) is 3. The van der Waals surface area contributed by atoms with Gasteiger partial charge in [0.15, 0.2) is 5.76 Å². The van der Waals surface area contributed by atoms with E-state index >= 15 is 0 Å². The summed E-state index contributed by atoms with van der Waals surface area (Å²) < 4.78 is 5.86. The Morgan fingerprint density at radius 2 is 1.68 bits per heavy atom. The monoisotopic (exact) mass is 333 g/mol. The highest BCUT2D eigenvalue weighted by atomic mass is 16.3. The van der Waals surface area contributed by atoms with E-state index in [1.165, 1.54) is 24.8 Å². The second-order valence-corrected chi connectivity index (χ2v) is 6.81. The lowest BCUT2D eigenvalue weighted by atomic mass is 9.97. The summed E-state index contributed by atoms with van der Waals surface area (Å²) in [5.41, 5.74) is 1.98. The summed E-state index contributed by atoms with van der Waals surface area (Å²) in [6.45, 7) is 1.98. The van der Waals surface area contributed by atoms with Crippen LogP contribution in [0.15, 0.2) is 65.1 Å². The first-order valence-electron chi connectivity index (χ1n) is 9.12. The van der Waals surface area contributed by atoms with Crippen LogP contribution in [0.4, 0.5) is 0 Å². The van der Waals surface area contributed by atoms with Crippen molar-refractivity contribution in [3.05, 3.63) is 72.0 Å². The Hall–Kier alpha value is -2.39. The molecule has 0 bridgehead atoms. The maximum Gasteiger partial charge on any atom is 0.215 e. The van der Waals surface area contributed by atoms with Crippen LogP contribution in [0.2, 0.25) is 0 Å². The van der Waals surface area contributed by atoms with Crippen molar-refractivity contribution in [2.24, 2.45) is 0 Å². The third kappa shape index (κ3) is 3.52. The van der Waals surface area contributed by atoms with Gasteiger partial charge < -0.3 is 4.42 Å². The molecule has 0 aliphatic carbocycles. The molecule has 3 aromatic rings. The Morgan fingerprint density at radius 3 is 2.44 bits per heavy atom. The van der Waals surface area contributed by atoms with E-state index in [1.54, 1.807) is 0 Å². The number of Topliss-reactive ketones (excluding diaryl/α,β-unsaturated/α-hetero) is 1. The topological polar surface area (TPSA) is 33.5 Å². The summed E-state index contributed by atoms with van der Waals surface area (Å²) in [7, 11) is 0. The molecular formula is C22H23NO2. The number of furan rings is 1. The van der Waals surface area contributed by atoms with Crippen molar-refractivity contribution in [2.45, 2.75) is 31.7 Å². The molecule has 0 saturated carbocycles. The van der Waals surface area contributed by atoms with E-state index in [-0.39, 0.29) is 11.8 Å². The maximum absolute atomic E-state index is 13.3.